The first-order valence-electron chi connectivity index (χ1n) is 8.51. The van der Waals surface area contributed by atoms with Gasteiger partial charge < -0.3 is 15.1 Å². The highest BCUT2D eigenvalue weighted by molar-refractivity contribution is 8.01. The SMILES string of the molecule is CCNCC1CCN(C(=O)C2CSC3(C)CCC(=O)N23)CC1. The molecule has 0 bridgehead atoms. The Hall–Kier alpha value is -0.750. The maximum Gasteiger partial charge on any atom is 0.246 e. The minimum Gasteiger partial charge on any atom is -0.341 e. The lowest BCUT2D eigenvalue weighted by molar-refractivity contribution is -0.144. The van der Waals surface area contributed by atoms with E-state index >= 15 is 0 Å². The highest BCUT2D eigenvalue weighted by Crippen LogP contribution is 2.47. The molecule has 2 amide bonds. The quantitative estimate of drug-likeness (QED) is 0.846. The summed E-state index contributed by atoms with van der Waals surface area (Å²) in [5.41, 5.74) is 0. The fourth-order valence-corrected chi connectivity index (χ4v) is 5.34. The van der Waals surface area contributed by atoms with Gasteiger partial charge in [-0.05, 0) is 45.2 Å². The number of thioether (sulfide) groups is 1. The number of amides is 2. The van der Waals surface area contributed by atoms with Gasteiger partial charge in [0, 0.05) is 25.3 Å². The van der Waals surface area contributed by atoms with Crippen LogP contribution in [0.4, 0.5) is 0 Å². The summed E-state index contributed by atoms with van der Waals surface area (Å²) >= 11 is 1.78. The average Bonchev–Trinajstić information content (AvgIpc) is 3.02. The summed E-state index contributed by atoms with van der Waals surface area (Å²) in [5.74, 6) is 1.78. The Morgan fingerprint density at radius 3 is 2.82 bits per heavy atom. The molecular formula is C16H27N3O2S. The summed E-state index contributed by atoms with van der Waals surface area (Å²) in [4.78, 5) is 28.7. The van der Waals surface area contributed by atoms with Crippen molar-refractivity contribution in [2.75, 3.05) is 31.9 Å². The van der Waals surface area contributed by atoms with Crippen LogP contribution in [0.25, 0.3) is 0 Å². The topological polar surface area (TPSA) is 52.7 Å². The molecule has 0 aromatic heterocycles. The lowest BCUT2D eigenvalue weighted by Crippen LogP contribution is -2.53. The zero-order chi connectivity index (χ0) is 15.7. The molecule has 3 heterocycles. The predicted molar refractivity (Wildman–Crippen MR) is 88.6 cm³/mol. The first kappa shape index (κ1) is 16.1. The van der Waals surface area contributed by atoms with Gasteiger partial charge in [-0.1, -0.05) is 6.92 Å². The number of likely N-dealkylation sites (tertiary alicyclic amines) is 1. The Morgan fingerprint density at radius 2 is 2.14 bits per heavy atom. The van der Waals surface area contributed by atoms with Gasteiger partial charge in [-0.3, -0.25) is 9.59 Å². The van der Waals surface area contributed by atoms with Crippen LogP contribution in [0, 0.1) is 5.92 Å². The zero-order valence-electron chi connectivity index (χ0n) is 13.6. The van der Waals surface area contributed by atoms with E-state index in [9.17, 15) is 9.59 Å². The molecule has 0 saturated carbocycles. The number of hydrogen-bond donors (Lipinski definition) is 1. The molecule has 124 valence electrons. The first-order chi connectivity index (χ1) is 10.5. The van der Waals surface area contributed by atoms with Gasteiger partial charge in [-0.15, -0.1) is 11.8 Å². The van der Waals surface area contributed by atoms with Crippen LogP contribution in [0.1, 0.15) is 39.5 Å². The highest BCUT2D eigenvalue weighted by atomic mass is 32.2. The van der Waals surface area contributed by atoms with Gasteiger partial charge >= 0.3 is 0 Å². The number of carbonyl (C=O) groups excluding carboxylic acids is 2. The van der Waals surface area contributed by atoms with Gasteiger partial charge in [0.1, 0.15) is 6.04 Å². The molecule has 3 saturated heterocycles. The van der Waals surface area contributed by atoms with Crippen molar-refractivity contribution >= 4 is 23.6 Å². The van der Waals surface area contributed by atoms with Crippen LogP contribution < -0.4 is 5.32 Å². The third-order valence-corrected chi connectivity index (χ3v) is 6.84. The summed E-state index contributed by atoms with van der Waals surface area (Å²) < 4.78 is 0. The van der Waals surface area contributed by atoms with Crippen molar-refractivity contribution < 1.29 is 9.59 Å². The maximum atomic E-state index is 12.9. The summed E-state index contributed by atoms with van der Waals surface area (Å²) in [6.45, 7) is 7.98. The van der Waals surface area contributed by atoms with Crippen molar-refractivity contribution in [2.24, 2.45) is 5.92 Å². The Kier molecular flexibility index (Phi) is 4.69. The van der Waals surface area contributed by atoms with Crippen LogP contribution >= 0.6 is 11.8 Å². The maximum absolute atomic E-state index is 12.9. The fraction of sp³-hybridized carbons (Fsp3) is 0.875. The van der Waals surface area contributed by atoms with E-state index < -0.39 is 0 Å². The van der Waals surface area contributed by atoms with Crippen LogP contribution in [0.2, 0.25) is 0 Å². The van der Waals surface area contributed by atoms with E-state index in [2.05, 4.69) is 19.2 Å². The molecule has 3 aliphatic rings. The van der Waals surface area contributed by atoms with E-state index in [0.29, 0.717) is 12.3 Å². The third-order valence-electron chi connectivity index (χ3n) is 5.34. The number of rotatable bonds is 4. The van der Waals surface area contributed by atoms with E-state index in [1.807, 2.05) is 9.80 Å². The van der Waals surface area contributed by atoms with Gasteiger partial charge in [-0.2, -0.15) is 0 Å². The molecular weight excluding hydrogens is 298 g/mol. The van der Waals surface area contributed by atoms with Crippen LogP contribution in [-0.2, 0) is 9.59 Å². The van der Waals surface area contributed by atoms with E-state index in [1.54, 1.807) is 11.8 Å². The van der Waals surface area contributed by atoms with Crippen molar-refractivity contribution in [3.05, 3.63) is 0 Å². The zero-order valence-corrected chi connectivity index (χ0v) is 14.5. The van der Waals surface area contributed by atoms with Gasteiger partial charge in [0.15, 0.2) is 0 Å². The smallest absolute Gasteiger partial charge is 0.246 e. The Balaban J connectivity index is 1.58. The van der Waals surface area contributed by atoms with Gasteiger partial charge in [-0.25, -0.2) is 0 Å². The van der Waals surface area contributed by atoms with E-state index in [0.717, 1.165) is 51.2 Å². The van der Waals surface area contributed by atoms with Crippen LogP contribution in [-0.4, -0.2) is 64.5 Å². The molecule has 3 aliphatic heterocycles. The molecule has 0 aromatic carbocycles. The number of piperidine rings is 1. The lowest BCUT2D eigenvalue weighted by atomic mass is 9.96. The van der Waals surface area contributed by atoms with Crippen molar-refractivity contribution in [3.63, 3.8) is 0 Å². The summed E-state index contributed by atoms with van der Waals surface area (Å²) in [6.07, 6.45) is 3.62. The van der Waals surface area contributed by atoms with Gasteiger partial charge in [0.05, 0.1) is 4.87 Å². The van der Waals surface area contributed by atoms with Crippen molar-refractivity contribution in [1.82, 2.24) is 15.1 Å². The minimum atomic E-state index is -0.227. The standard InChI is InChI=1S/C16H27N3O2S/c1-3-17-10-12-5-8-18(9-6-12)15(21)13-11-22-16(2)7-4-14(20)19(13)16/h12-13,17H,3-11H2,1-2H3. The second-order valence-electron chi connectivity index (χ2n) is 6.84. The minimum absolute atomic E-state index is 0.138. The molecule has 5 nitrogen and oxygen atoms in total. The largest absolute Gasteiger partial charge is 0.341 e. The van der Waals surface area contributed by atoms with Gasteiger partial charge in [0.2, 0.25) is 11.8 Å². The van der Waals surface area contributed by atoms with Crippen molar-refractivity contribution in [2.45, 2.75) is 50.4 Å². The number of nitrogens with zero attached hydrogens (tertiary/aromatic N) is 2. The van der Waals surface area contributed by atoms with E-state index in [1.165, 1.54) is 0 Å². The third kappa shape index (κ3) is 2.87. The second-order valence-corrected chi connectivity index (χ2v) is 8.34. The molecule has 22 heavy (non-hydrogen) atoms. The second kappa shape index (κ2) is 6.40. The summed E-state index contributed by atoms with van der Waals surface area (Å²) in [6, 6.07) is -0.227. The van der Waals surface area contributed by atoms with Crippen LogP contribution in [0.5, 0.6) is 0 Å². The number of carbonyl (C=O) groups is 2. The Labute approximate surface area is 137 Å². The molecule has 0 radical (unpaired) electrons. The number of nitrogens with one attached hydrogen (secondary N) is 1. The van der Waals surface area contributed by atoms with E-state index in [-0.39, 0.29) is 22.7 Å². The van der Waals surface area contributed by atoms with Crippen molar-refractivity contribution in [1.29, 1.82) is 0 Å². The molecule has 2 atom stereocenters. The normalized spacial score (nSPS) is 32.6. The molecule has 6 heteroatoms. The predicted octanol–water partition coefficient (Wildman–Crippen LogP) is 1.29. The Morgan fingerprint density at radius 1 is 1.41 bits per heavy atom. The summed E-state index contributed by atoms with van der Waals surface area (Å²) in [7, 11) is 0. The molecule has 0 aromatic rings. The van der Waals surface area contributed by atoms with Crippen LogP contribution in [0.15, 0.2) is 0 Å². The molecule has 3 rings (SSSR count). The number of hydrogen-bond acceptors (Lipinski definition) is 4. The highest BCUT2D eigenvalue weighted by Gasteiger charge is 2.53. The average molecular weight is 325 g/mol. The van der Waals surface area contributed by atoms with E-state index in [4.69, 9.17) is 0 Å². The molecule has 3 fully saturated rings. The molecule has 2 unspecified atom stereocenters. The molecule has 0 spiro atoms. The molecule has 0 aliphatic carbocycles. The monoisotopic (exact) mass is 325 g/mol. The van der Waals surface area contributed by atoms with Gasteiger partial charge in [0.25, 0.3) is 0 Å². The lowest BCUT2D eigenvalue weighted by Gasteiger charge is -2.36. The number of fused-ring (bicyclic) bond motifs is 1. The van der Waals surface area contributed by atoms with Crippen LogP contribution in [0.3, 0.4) is 0 Å². The van der Waals surface area contributed by atoms with Crippen molar-refractivity contribution in [3.8, 4) is 0 Å². The fourth-order valence-electron chi connectivity index (χ4n) is 3.92. The first-order valence-corrected chi connectivity index (χ1v) is 9.49. The molecule has 1 N–H and O–H groups in total. The summed E-state index contributed by atoms with van der Waals surface area (Å²) in [5, 5.41) is 3.40. The Bertz CT molecular complexity index is 451.